The molecule has 1 aliphatic rings. The zero-order chi connectivity index (χ0) is 10.3. The molecule has 0 saturated carbocycles. The van der Waals surface area contributed by atoms with Crippen LogP contribution < -0.4 is 16.2 Å². The summed E-state index contributed by atoms with van der Waals surface area (Å²) in [5.74, 6) is -1.32. The van der Waals surface area contributed by atoms with Gasteiger partial charge >= 0.3 is 11.1 Å². The summed E-state index contributed by atoms with van der Waals surface area (Å²) in [5, 5.41) is 10.6. The molecule has 1 unspecified atom stereocenters. The third kappa shape index (κ3) is 1.07. The van der Waals surface area contributed by atoms with Crippen LogP contribution in [0.5, 0.6) is 0 Å². The van der Waals surface area contributed by atoms with E-state index < -0.39 is 23.1 Å². The van der Waals surface area contributed by atoms with Crippen LogP contribution in [0.25, 0.3) is 0 Å². The molecule has 0 saturated heterocycles. The van der Waals surface area contributed by atoms with Gasteiger partial charge in [0.05, 0.1) is 12.0 Å². The number of nitrogens with one attached hydrogen (secondary N) is 1. The van der Waals surface area contributed by atoms with Crippen LogP contribution in [0.3, 0.4) is 0 Å². The molecule has 2 rings (SSSR count). The molecule has 1 aliphatic heterocycles. The van der Waals surface area contributed by atoms with Crippen LogP contribution in [-0.4, -0.2) is 15.5 Å². The molecule has 0 aliphatic carbocycles. The fraction of sp³-hybridized carbons (Fsp3) is 0.375. The topological polar surface area (TPSA) is 95.0 Å². The summed E-state index contributed by atoms with van der Waals surface area (Å²) in [7, 11) is 0. The van der Waals surface area contributed by atoms with E-state index in [4.69, 9.17) is 0 Å². The number of fused-ring (bicyclic) bond motifs is 1. The summed E-state index contributed by atoms with van der Waals surface area (Å²) in [6.45, 7) is 0. The highest BCUT2D eigenvalue weighted by molar-refractivity contribution is 5.70. The van der Waals surface area contributed by atoms with Crippen molar-refractivity contribution < 1.29 is 9.90 Å². The molecule has 0 radical (unpaired) electrons. The maximum atomic E-state index is 11.3. The fourth-order valence-electron chi connectivity index (χ4n) is 1.69. The summed E-state index contributed by atoms with van der Waals surface area (Å²) in [6.07, 6.45) is 2.13. The van der Waals surface area contributed by atoms with Crippen molar-refractivity contribution in [2.45, 2.75) is 18.9 Å². The van der Waals surface area contributed by atoms with Crippen molar-refractivity contribution in [3.8, 4) is 0 Å². The molecule has 2 heterocycles. The molecule has 1 N–H and O–H groups in total. The smallest absolute Gasteiger partial charge is 0.317 e. The predicted octanol–water partition coefficient (Wildman–Crippen LogP) is -2.23. The third-order valence-corrected chi connectivity index (χ3v) is 2.35. The molecular weight excluding hydrogens is 188 g/mol. The number of carboxylic acid groups (broad SMARTS) is 1. The molecule has 74 valence electrons. The summed E-state index contributed by atoms with van der Waals surface area (Å²) >= 11 is 0. The van der Waals surface area contributed by atoms with E-state index in [0.717, 1.165) is 4.57 Å². The van der Waals surface area contributed by atoms with Crippen LogP contribution in [0.2, 0.25) is 0 Å². The zero-order valence-corrected chi connectivity index (χ0v) is 7.15. The largest absolute Gasteiger partial charge is 0.548 e. The molecule has 14 heavy (non-hydrogen) atoms. The Kier molecular flexibility index (Phi) is 1.77. The van der Waals surface area contributed by atoms with Crippen molar-refractivity contribution >= 4 is 5.97 Å². The van der Waals surface area contributed by atoms with Gasteiger partial charge in [-0.3, -0.25) is 14.2 Å². The zero-order valence-electron chi connectivity index (χ0n) is 7.15. The number of aromatic nitrogens is 2. The highest BCUT2D eigenvalue weighted by atomic mass is 16.4. The Morgan fingerprint density at radius 2 is 2.29 bits per heavy atom. The van der Waals surface area contributed by atoms with E-state index in [-0.39, 0.29) is 0 Å². The Morgan fingerprint density at radius 1 is 1.57 bits per heavy atom. The van der Waals surface area contributed by atoms with E-state index >= 15 is 0 Å². The third-order valence-electron chi connectivity index (χ3n) is 2.35. The van der Waals surface area contributed by atoms with Gasteiger partial charge in [-0.15, -0.1) is 0 Å². The Labute approximate surface area is 77.8 Å². The average molecular weight is 195 g/mol. The number of hydrogen-bond donors (Lipinski definition) is 1. The van der Waals surface area contributed by atoms with Crippen LogP contribution in [0.15, 0.2) is 15.8 Å². The van der Waals surface area contributed by atoms with Crippen molar-refractivity contribution in [1.82, 2.24) is 9.55 Å². The van der Waals surface area contributed by atoms with E-state index in [1.807, 2.05) is 0 Å². The number of carbonyl (C=O) groups is 1. The Hall–Kier alpha value is -1.85. The van der Waals surface area contributed by atoms with E-state index in [0.29, 0.717) is 18.5 Å². The summed E-state index contributed by atoms with van der Waals surface area (Å²) < 4.78 is 0.994. The molecule has 6 heteroatoms. The average Bonchev–Trinajstić information content (AvgIpc) is 2.55. The minimum Gasteiger partial charge on any atom is -0.548 e. The van der Waals surface area contributed by atoms with Crippen molar-refractivity contribution in [3.63, 3.8) is 0 Å². The van der Waals surface area contributed by atoms with E-state index in [2.05, 4.69) is 4.98 Å². The van der Waals surface area contributed by atoms with Crippen LogP contribution >= 0.6 is 0 Å². The highest BCUT2D eigenvalue weighted by Crippen LogP contribution is 2.20. The van der Waals surface area contributed by atoms with Gasteiger partial charge in [-0.05, 0) is 12.8 Å². The molecular formula is C8H7N2O4-. The van der Waals surface area contributed by atoms with Crippen LogP contribution in [0.4, 0.5) is 0 Å². The van der Waals surface area contributed by atoms with Gasteiger partial charge in [-0.2, -0.15) is 0 Å². The highest BCUT2D eigenvalue weighted by Gasteiger charge is 2.24. The Bertz CT molecular complexity index is 499. The fourth-order valence-corrected chi connectivity index (χ4v) is 1.69. The number of aryl methyl sites for hydroxylation is 1. The Morgan fingerprint density at radius 3 is 2.93 bits per heavy atom. The first-order valence-electron chi connectivity index (χ1n) is 4.15. The molecule has 1 aromatic heterocycles. The molecule has 0 amide bonds. The van der Waals surface area contributed by atoms with Crippen molar-refractivity contribution in [1.29, 1.82) is 0 Å². The second kappa shape index (κ2) is 2.83. The van der Waals surface area contributed by atoms with Crippen LogP contribution in [0, 0.1) is 0 Å². The number of nitrogens with zero attached hydrogens (tertiary/aromatic N) is 1. The lowest BCUT2D eigenvalue weighted by atomic mass is 10.2. The summed E-state index contributed by atoms with van der Waals surface area (Å²) in [6, 6.07) is -1.00. The standard InChI is InChI=1S/C8H8N2O4/c11-6-7(12)10-4(3-9-6)1-2-5(10)8(13)14/h3,5H,1-2H2,(H,9,11)(H,13,14)/p-1. The first-order chi connectivity index (χ1) is 6.61. The molecule has 0 spiro atoms. The van der Waals surface area contributed by atoms with Gasteiger partial charge in [0.15, 0.2) is 0 Å². The summed E-state index contributed by atoms with van der Waals surface area (Å²) in [5.41, 5.74) is -1.10. The number of aromatic amines is 1. The second-order valence-electron chi connectivity index (χ2n) is 3.16. The summed E-state index contributed by atoms with van der Waals surface area (Å²) in [4.78, 5) is 35.2. The SMILES string of the molecule is O=C([O-])C1CCc2c[nH]c(=O)c(=O)n21. The van der Waals surface area contributed by atoms with Gasteiger partial charge in [-0.25, -0.2) is 0 Å². The number of hydrogen-bond acceptors (Lipinski definition) is 4. The van der Waals surface area contributed by atoms with Gasteiger partial charge in [0.2, 0.25) is 0 Å². The minimum atomic E-state index is -1.32. The maximum Gasteiger partial charge on any atom is 0.317 e. The predicted molar refractivity (Wildman–Crippen MR) is 43.7 cm³/mol. The molecule has 6 nitrogen and oxygen atoms in total. The molecule has 0 bridgehead atoms. The van der Waals surface area contributed by atoms with Crippen molar-refractivity contribution in [2.24, 2.45) is 0 Å². The van der Waals surface area contributed by atoms with Gasteiger partial charge < -0.3 is 14.9 Å². The number of rotatable bonds is 1. The number of carboxylic acids is 1. The Balaban J connectivity index is 2.69. The first-order valence-corrected chi connectivity index (χ1v) is 4.15. The molecule has 1 atom stereocenters. The van der Waals surface area contributed by atoms with Gasteiger partial charge in [0, 0.05) is 11.9 Å². The van der Waals surface area contributed by atoms with Gasteiger partial charge in [0.1, 0.15) is 0 Å². The van der Waals surface area contributed by atoms with E-state index in [9.17, 15) is 19.5 Å². The van der Waals surface area contributed by atoms with E-state index in [1.54, 1.807) is 0 Å². The van der Waals surface area contributed by atoms with Crippen LogP contribution in [0.1, 0.15) is 18.2 Å². The lowest BCUT2D eigenvalue weighted by Crippen LogP contribution is -2.42. The minimum absolute atomic E-state index is 0.300. The quantitative estimate of drug-likeness (QED) is 0.513. The van der Waals surface area contributed by atoms with Crippen molar-refractivity contribution in [3.05, 3.63) is 32.6 Å². The number of H-pyrrole nitrogens is 1. The molecule has 0 aromatic carbocycles. The van der Waals surface area contributed by atoms with Crippen molar-refractivity contribution in [2.75, 3.05) is 0 Å². The lowest BCUT2D eigenvalue weighted by molar-refractivity contribution is -0.310. The number of carbonyl (C=O) groups excluding carboxylic acids is 1. The first kappa shape index (κ1) is 8.74. The number of aliphatic carboxylic acids is 1. The molecule has 1 aromatic rings. The van der Waals surface area contributed by atoms with Crippen LogP contribution in [-0.2, 0) is 11.2 Å². The maximum absolute atomic E-state index is 11.3. The second-order valence-corrected chi connectivity index (χ2v) is 3.16. The van der Waals surface area contributed by atoms with Gasteiger partial charge in [0.25, 0.3) is 0 Å². The monoisotopic (exact) mass is 195 g/mol. The lowest BCUT2D eigenvalue weighted by Gasteiger charge is -2.13. The normalized spacial score (nSPS) is 19.3. The van der Waals surface area contributed by atoms with Gasteiger partial charge in [-0.1, -0.05) is 0 Å². The van der Waals surface area contributed by atoms with E-state index in [1.165, 1.54) is 6.20 Å². The molecule has 0 fully saturated rings.